The predicted octanol–water partition coefficient (Wildman–Crippen LogP) is 8.54. The van der Waals surface area contributed by atoms with Gasteiger partial charge in [-0.05, 0) is 84.6 Å². The molecule has 0 aromatic carbocycles. The van der Waals surface area contributed by atoms with Gasteiger partial charge >= 0.3 is 5.97 Å². The van der Waals surface area contributed by atoms with Crippen molar-refractivity contribution >= 4 is 110 Å². The second kappa shape index (κ2) is 22.1. The quantitative estimate of drug-likeness (QED) is 0.0558. The molecule has 0 atom stereocenters. The van der Waals surface area contributed by atoms with E-state index in [4.69, 9.17) is 10.6 Å². The maximum atomic E-state index is 11.8. The van der Waals surface area contributed by atoms with Crippen LogP contribution in [0.15, 0.2) is 35.0 Å². The van der Waals surface area contributed by atoms with Gasteiger partial charge in [-0.3, -0.25) is 19.8 Å². The zero-order chi connectivity index (χ0) is 32.8. The van der Waals surface area contributed by atoms with Crippen molar-refractivity contribution < 1.29 is 19.1 Å². The van der Waals surface area contributed by atoms with Gasteiger partial charge < -0.3 is 10.1 Å². The second-order valence-electron chi connectivity index (χ2n) is 10.7. The molecule has 4 aromatic rings. The summed E-state index contributed by atoms with van der Waals surface area (Å²) in [6.07, 6.45) is 3.87. The predicted molar refractivity (Wildman–Crippen MR) is 206 cm³/mol. The standard InChI is InChI=1S/C18H24N2O3S3.C12H15N3OS3.2ClH/c1-12-20-13(10-24-12)5-6-14-7-8-15(26-14)11-25-17(22)19-9-16(21)23-18(2,3)4;1-8-14-9(6-17-8)2-3-10-4-5-11(19-10)7-18-12(16)15-13;;/h7-8,10H,5-6,9,11H2,1-4H3,(H,19,22);4-6H,2-3,7,13H2,1H3,(H,15,16);2*1H. The third-order valence-electron chi connectivity index (χ3n) is 5.63. The lowest BCUT2D eigenvalue weighted by Gasteiger charge is -2.19. The fourth-order valence-corrected chi connectivity index (χ4v) is 8.45. The zero-order valence-electron chi connectivity index (χ0n) is 26.8. The summed E-state index contributed by atoms with van der Waals surface area (Å²) in [4.78, 5) is 48.4. The van der Waals surface area contributed by atoms with Crippen LogP contribution < -0.4 is 16.6 Å². The average molecular weight is 799 g/mol. The molecule has 9 nitrogen and oxygen atoms in total. The Bertz CT molecular complexity index is 1530. The van der Waals surface area contributed by atoms with Crippen molar-refractivity contribution in [2.24, 2.45) is 5.84 Å². The van der Waals surface area contributed by atoms with E-state index in [2.05, 4.69) is 55.7 Å². The summed E-state index contributed by atoms with van der Waals surface area (Å²) in [5.74, 6) is 5.87. The Kier molecular flexibility index (Phi) is 20.4. The number of aromatic nitrogens is 2. The summed E-state index contributed by atoms with van der Waals surface area (Å²) in [6.45, 7) is 9.33. The van der Waals surface area contributed by atoms with E-state index in [0.29, 0.717) is 11.5 Å². The summed E-state index contributed by atoms with van der Waals surface area (Å²) in [5.41, 5.74) is 3.87. The van der Waals surface area contributed by atoms with Crippen molar-refractivity contribution in [3.05, 3.63) is 75.9 Å². The highest BCUT2D eigenvalue weighted by Gasteiger charge is 2.17. The molecule has 260 valence electrons. The number of carbonyl (C=O) groups is 3. The Labute approximate surface area is 313 Å². The number of hydrogen-bond donors (Lipinski definition) is 3. The van der Waals surface area contributed by atoms with Crippen LogP contribution in [0.5, 0.6) is 0 Å². The highest BCUT2D eigenvalue weighted by Crippen LogP contribution is 2.25. The van der Waals surface area contributed by atoms with Crippen LogP contribution in [0.3, 0.4) is 0 Å². The minimum atomic E-state index is -0.542. The van der Waals surface area contributed by atoms with Crippen molar-refractivity contribution in [1.82, 2.24) is 20.7 Å². The van der Waals surface area contributed by atoms with Crippen LogP contribution in [0.2, 0.25) is 0 Å². The van der Waals surface area contributed by atoms with E-state index in [1.165, 1.54) is 26.4 Å². The number of hydrogen-bond acceptors (Lipinski definition) is 13. The van der Waals surface area contributed by atoms with Gasteiger partial charge in [0.25, 0.3) is 10.5 Å². The number of aryl methyl sites for hydroxylation is 6. The van der Waals surface area contributed by atoms with Crippen LogP contribution in [0.1, 0.15) is 61.7 Å². The van der Waals surface area contributed by atoms with Crippen LogP contribution in [0.25, 0.3) is 0 Å². The third kappa shape index (κ3) is 18.0. The smallest absolute Gasteiger partial charge is 0.325 e. The molecule has 4 rings (SSSR count). The van der Waals surface area contributed by atoms with Gasteiger partial charge in [0.15, 0.2) is 0 Å². The number of amides is 2. The number of nitrogens with zero attached hydrogens (tertiary/aromatic N) is 2. The summed E-state index contributed by atoms with van der Waals surface area (Å²) >= 11 is 9.18. The number of halogens is 2. The number of hydrazine groups is 1. The van der Waals surface area contributed by atoms with E-state index >= 15 is 0 Å². The molecule has 0 radical (unpaired) electrons. The molecule has 0 bridgehead atoms. The number of carbonyl (C=O) groups excluding carboxylic acids is 3. The van der Waals surface area contributed by atoms with Crippen molar-refractivity contribution in [1.29, 1.82) is 0 Å². The number of nitrogens with two attached hydrogens (primary N) is 1. The molecule has 0 fully saturated rings. The number of thiazole rings is 2. The second-order valence-corrected chi connectivity index (χ2v) is 17.2. The van der Waals surface area contributed by atoms with Crippen LogP contribution in [-0.4, -0.2) is 38.6 Å². The Morgan fingerprint density at radius 1 is 0.766 bits per heavy atom. The molecular weight excluding hydrogens is 758 g/mol. The third-order valence-corrected chi connectivity index (χ3v) is 11.6. The number of esters is 1. The minimum Gasteiger partial charge on any atom is -0.459 e. The average Bonchev–Trinajstić information content (AvgIpc) is 3.80. The maximum absolute atomic E-state index is 11.8. The first-order valence-electron chi connectivity index (χ1n) is 14.1. The van der Waals surface area contributed by atoms with Gasteiger partial charge in [-0.25, -0.2) is 15.8 Å². The topological polar surface area (TPSA) is 136 Å². The SMILES string of the molecule is Cc1nc(CCc2ccc(CSC(=O)NCC(=O)OC(C)(C)C)s2)cs1.Cc1nc(CCc2ccc(CSC(=O)NN)s2)cs1.Cl.Cl. The van der Waals surface area contributed by atoms with Gasteiger partial charge in [0.05, 0.1) is 21.4 Å². The van der Waals surface area contributed by atoms with Gasteiger partial charge in [-0.1, -0.05) is 23.5 Å². The van der Waals surface area contributed by atoms with Gasteiger partial charge in [0.1, 0.15) is 12.1 Å². The molecule has 0 spiro atoms. The van der Waals surface area contributed by atoms with E-state index in [9.17, 15) is 14.4 Å². The summed E-state index contributed by atoms with van der Waals surface area (Å²) < 4.78 is 5.15. The van der Waals surface area contributed by atoms with Crippen molar-refractivity contribution in [2.45, 2.75) is 77.4 Å². The number of thiophene rings is 2. The molecule has 4 N–H and O–H groups in total. The normalized spacial score (nSPS) is 10.6. The van der Waals surface area contributed by atoms with Gasteiger partial charge in [0.2, 0.25) is 0 Å². The Balaban J connectivity index is 0.000000470. The molecule has 2 amide bonds. The molecular formula is C30H41Cl2N5O4S6. The first kappa shape index (κ1) is 43.3. The molecule has 0 saturated heterocycles. The van der Waals surface area contributed by atoms with Crippen LogP contribution in [-0.2, 0) is 46.7 Å². The van der Waals surface area contributed by atoms with E-state index in [0.717, 1.165) is 63.7 Å². The van der Waals surface area contributed by atoms with E-state index < -0.39 is 11.6 Å². The summed E-state index contributed by atoms with van der Waals surface area (Å²) in [7, 11) is 0. The lowest BCUT2D eigenvalue weighted by atomic mass is 10.2. The zero-order valence-corrected chi connectivity index (χ0v) is 33.3. The van der Waals surface area contributed by atoms with E-state index in [1.54, 1.807) is 66.1 Å². The molecule has 0 unspecified atom stereocenters. The van der Waals surface area contributed by atoms with Crippen molar-refractivity contribution in [2.75, 3.05) is 6.54 Å². The number of rotatable bonds is 12. The first-order valence-corrected chi connectivity index (χ1v) is 19.5. The molecule has 0 aliphatic heterocycles. The van der Waals surface area contributed by atoms with Crippen molar-refractivity contribution in [3.63, 3.8) is 0 Å². The maximum Gasteiger partial charge on any atom is 0.325 e. The molecule has 47 heavy (non-hydrogen) atoms. The monoisotopic (exact) mass is 797 g/mol. The largest absolute Gasteiger partial charge is 0.459 e. The Morgan fingerprint density at radius 2 is 1.21 bits per heavy atom. The molecule has 4 heterocycles. The molecule has 0 aliphatic carbocycles. The summed E-state index contributed by atoms with van der Waals surface area (Å²) in [6, 6.07) is 8.36. The van der Waals surface area contributed by atoms with Gasteiger partial charge in [0, 0.05) is 41.8 Å². The first-order chi connectivity index (χ1) is 21.4. The highest BCUT2D eigenvalue weighted by molar-refractivity contribution is 8.13. The number of ether oxygens (including phenoxy) is 1. The lowest BCUT2D eigenvalue weighted by molar-refractivity contribution is -0.153. The molecule has 0 aliphatic rings. The molecule has 4 aromatic heterocycles. The minimum absolute atomic E-state index is 0. The summed E-state index contributed by atoms with van der Waals surface area (Å²) in [5, 5.41) is 8.60. The van der Waals surface area contributed by atoms with Gasteiger partial charge in [-0.2, -0.15) is 0 Å². The van der Waals surface area contributed by atoms with Crippen LogP contribution in [0.4, 0.5) is 9.59 Å². The fraction of sp³-hybridized carbons (Fsp3) is 0.433. The molecule has 0 saturated carbocycles. The number of nitrogens with one attached hydrogen (secondary N) is 2. The van der Waals surface area contributed by atoms with E-state index in [-0.39, 0.29) is 41.8 Å². The van der Waals surface area contributed by atoms with Crippen LogP contribution >= 0.6 is 93.7 Å². The van der Waals surface area contributed by atoms with Crippen molar-refractivity contribution in [3.8, 4) is 0 Å². The van der Waals surface area contributed by atoms with Gasteiger partial charge in [-0.15, -0.1) is 70.2 Å². The van der Waals surface area contributed by atoms with E-state index in [1.807, 2.05) is 13.8 Å². The van der Waals surface area contributed by atoms with Crippen LogP contribution in [0, 0.1) is 13.8 Å². The molecule has 17 heteroatoms. The highest BCUT2D eigenvalue weighted by atomic mass is 35.5. The fourth-order valence-electron chi connectivity index (χ4n) is 3.71. The Morgan fingerprint density at radius 3 is 1.62 bits per heavy atom. The number of thioether (sulfide) groups is 2. The Hall–Kier alpha value is -1.69. The lowest BCUT2D eigenvalue weighted by Crippen LogP contribution is -2.33.